The van der Waals surface area contributed by atoms with E-state index in [9.17, 15) is 9.59 Å². The van der Waals surface area contributed by atoms with Gasteiger partial charge in [-0.2, -0.15) is 0 Å². The standard InChI is InChI=1S/C5H8O2.C4H6O2.C2H6/c1-4(2)5(6)7-3;5-4-2-1-3-6-4;1-2/h1H2,2-3H3;1-3H2;1-2H3. The predicted octanol–water partition coefficient (Wildman–Crippen LogP) is 2.09. The third-order valence-corrected chi connectivity index (χ3v) is 1.32. The van der Waals surface area contributed by atoms with Gasteiger partial charge in [0.15, 0.2) is 0 Å². The molecule has 4 heteroatoms. The molecule has 15 heavy (non-hydrogen) atoms. The number of ether oxygens (including phenoxy) is 2. The average Bonchev–Trinajstić information content (AvgIpc) is 2.71. The molecule has 0 radical (unpaired) electrons. The lowest BCUT2D eigenvalue weighted by molar-refractivity contribution is -0.138. The number of methoxy groups -OCH3 is 1. The third kappa shape index (κ3) is 10.6. The van der Waals surface area contributed by atoms with Crippen LogP contribution in [0, 0.1) is 0 Å². The number of rotatable bonds is 1. The van der Waals surface area contributed by atoms with E-state index < -0.39 is 0 Å². The van der Waals surface area contributed by atoms with Crippen molar-refractivity contribution >= 4 is 11.9 Å². The van der Waals surface area contributed by atoms with E-state index in [0.29, 0.717) is 18.6 Å². The van der Waals surface area contributed by atoms with E-state index in [1.165, 1.54) is 7.11 Å². The monoisotopic (exact) mass is 216 g/mol. The van der Waals surface area contributed by atoms with Gasteiger partial charge in [0, 0.05) is 12.0 Å². The Morgan fingerprint density at radius 2 is 2.00 bits per heavy atom. The maximum absolute atomic E-state index is 10.2. The largest absolute Gasteiger partial charge is 0.466 e. The highest BCUT2D eigenvalue weighted by atomic mass is 16.5. The molecule has 88 valence electrons. The summed E-state index contributed by atoms with van der Waals surface area (Å²) >= 11 is 0. The molecule has 0 aromatic carbocycles. The summed E-state index contributed by atoms with van der Waals surface area (Å²) in [4.78, 5) is 20.2. The van der Waals surface area contributed by atoms with Crippen LogP contribution >= 0.6 is 0 Å². The van der Waals surface area contributed by atoms with Gasteiger partial charge in [0.1, 0.15) is 0 Å². The fraction of sp³-hybridized carbons (Fsp3) is 0.636. The van der Waals surface area contributed by atoms with Gasteiger partial charge in [0.05, 0.1) is 13.7 Å². The first-order valence-corrected chi connectivity index (χ1v) is 4.97. The molecule has 1 fully saturated rings. The van der Waals surface area contributed by atoms with Crippen molar-refractivity contribution in [2.24, 2.45) is 0 Å². The lowest BCUT2D eigenvalue weighted by Gasteiger charge is -1.91. The second kappa shape index (κ2) is 10.8. The third-order valence-electron chi connectivity index (χ3n) is 1.32. The Kier molecular flexibility index (Phi) is 11.6. The minimum absolute atomic E-state index is 0.0463. The summed E-state index contributed by atoms with van der Waals surface area (Å²) in [5, 5.41) is 0. The van der Waals surface area contributed by atoms with Crippen LogP contribution in [0.5, 0.6) is 0 Å². The van der Waals surface area contributed by atoms with Crippen molar-refractivity contribution in [3.05, 3.63) is 12.2 Å². The highest BCUT2D eigenvalue weighted by molar-refractivity contribution is 5.86. The van der Waals surface area contributed by atoms with E-state index >= 15 is 0 Å². The SMILES string of the molecule is C=C(C)C(=O)OC.CC.O=C1CCCO1. The molecule has 0 spiro atoms. The normalized spacial score (nSPS) is 12.4. The van der Waals surface area contributed by atoms with Crippen molar-refractivity contribution in [1.29, 1.82) is 0 Å². The van der Waals surface area contributed by atoms with Crippen molar-refractivity contribution in [2.45, 2.75) is 33.6 Å². The van der Waals surface area contributed by atoms with Crippen molar-refractivity contribution in [2.75, 3.05) is 13.7 Å². The van der Waals surface area contributed by atoms with E-state index in [4.69, 9.17) is 0 Å². The van der Waals surface area contributed by atoms with Crippen molar-refractivity contribution in [3.63, 3.8) is 0 Å². The van der Waals surface area contributed by atoms with Crippen LogP contribution in [0.1, 0.15) is 33.6 Å². The average molecular weight is 216 g/mol. The van der Waals surface area contributed by atoms with Crippen molar-refractivity contribution < 1.29 is 19.1 Å². The van der Waals surface area contributed by atoms with Crippen molar-refractivity contribution in [3.8, 4) is 0 Å². The molecule has 0 aliphatic carbocycles. The van der Waals surface area contributed by atoms with Crippen LogP contribution in [0.3, 0.4) is 0 Å². The van der Waals surface area contributed by atoms with Crippen LogP contribution in [0.4, 0.5) is 0 Å². The summed E-state index contributed by atoms with van der Waals surface area (Å²) in [6, 6.07) is 0. The molecular weight excluding hydrogens is 196 g/mol. The van der Waals surface area contributed by atoms with Crippen LogP contribution in [0.15, 0.2) is 12.2 Å². The van der Waals surface area contributed by atoms with Gasteiger partial charge in [-0.15, -0.1) is 0 Å². The molecule has 0 bridgehead atoms. The Hall–Kier alpha value is -1.32. The van der Waals surface area contributed by atoms with Gasteiger partial charge in [0.2, 0.25) is 0 Å². The van der Waals surface area contributed by atoms with E-state index in [0.717, 1.165) is 6.42 Å². The first kappa shape index (κ1) is 16.1. The molecular formula is C11H20O4. The molecule has 0 amide bonds. The van der Waals surface area contributed by atoms with Gasteiger partial charge >= 0.3 is 11.9 Å². The van der Waals surface area contributed by atoms with Gasteiger partial charge in [-0.3, -0.25) is 4.79 Å². The molecule has 1 saturated heterocycles. The van der Waals surface area contributed by atoms with Crippen LogP contribution in [0.2, 0.25) is 0 Å². The van der Waals surface area contributed by atoms with Crippen molar-refractivity contribution in [1.82, 2.24) is 0 Å². The number of cyclic esters (lactones) is 1. The first-order chi connectivity index (χ1) is 7.07. The molecule has 1 rings (SSSR count). The van der Waals surface area contributed by atoms with Gasteiger partial charge in [-0.1, -0.05) is 20.4 Å². The Labute approximate surface area is 91.3 Å². The van der Waals surface area contributed by atoms with Gasteiger partial charge in [-0.25, -0.2) is 4.79 Å². The van der Waals surface area contributed by atoms with E-state index in [1.807, 2.05) is 13.8 Å². The molecule has 0 aromatic rings. The predicted molar refractivity (Wildman–Crippen MR) is 58.4 cm³/mol. The fourth-order valence-corrected chi connectivity index (χ4v) is 0.649. The quantitative estimate of drug-likeness (QED) is 0.497. The molecule has 1 heterocycles. The van der Waals surface area contributed by atoms with E-state index in [2.05, 4.69) is 16.1 Å². The highest BCUT2D eigenvalue weighted by Crippen LogP contribution is 2.01. The molecule has 0 aromatic heterocycles. The Balaban J connectivity index is 0. The minimum Gasteiger partial charge on any atom is -0.466 e. The number of carbonyl (C=O) groups is 2. The van der Waals surface area contributed by atoms with Gasteiger partial charge in [-0.05, 0) is 13.3 Å². The fourth-order valence-electron chi connectivity index (χ4n) is 0.649. The highest BCUT2D eigenvalue weighted by Gasteiger charge is 2.08. The molecule has 4 nitrogen and oxygen atoms in total. The van der Waals surface area contributed by atoms with Crippen LogP contribution in [0.25, 0.3) is 0 Å². The minimum atomic E-state index is -0.347. The summed E-state index contributed by atoms with van der Waals surface area (Å²) in [6.45, 7) is 9.59. The van der Waals surface area contributed by atoms with Gasteiger partial charge in [0.25, 0.3) is 0 Å². The van der Waals surface area contributed by atoms with Crippen LogP contribution < -0.4 is 0 Å². The number of hydrogen-bond donors (Lipinski definition) is 0. The summed E-state index contributed by atoms with van der Waals surface area (Å²) in [6.07, 6.45) is 1.54. The zero-order valence-corrected chi connectivity index (χ0v) is 9.96. The Morgan fingerprint density at radius 3 is 2.07 bits per heavy atom. The Morgan fingerprint density at radius 1 is 1.47 bits per heavy atom. The molecule has 0 saturated carbocycles. The Bertz CT molecular complexity index is 201. The maximum Gasteiger partial charge on any atom is 0.332 e. The van der Waals surface area contributed by atoms with E-state index in [1.54, 1.807) is 6.92 Å². The molecule has 0 unspecified atom stereocenters. The lowest BCUT2D eigenvalue weighted by Crippen LogP contribution is -1.98. The smallest absolute Gasteiger partial charge is 0.332 e. The molecule has 0 N–H and O–H groups in total. The molecule has 0 atom stereocenters. The summed E-state index contributed by atoms with van der Waals surface area (Å²) in [7, 11) is 1.33. The number of esters is 2. The first-order valence-electron chi connectivity index (χ1n) is 4.97. The van der Waals surface area contributed by atoms with Gasteiger partial charge < -0.3 is 9.47 Å². The summed E-state index contributed by atoms with van der Waals surface area (Å²) < 4.78 is 8.79. The maximum atomic E-state index is 10.2. The zero-order chi connectivity index (χ0) is 12.3. The molecule has 1 aliphatic heterocycles. The number of hydrogen-bond acceptors (Lipinski definition) is 4. The van der Waals surface area contributed by atoms with E-state index in [-0.39, 0.29) is 11.9 Å². The number of carbonyl (C=O) groups excluding carboxylic acids is 2. The summed E-state index contributed by atoms with van der Waals surface area (Å²) in [5.74, 6) is -0.394. The van der Waals surface area contributed by atoms with Crippen LogP contribution in [-0.2, 0) is 19.1 Å². The lowest BCUT2D eigenvalue weighted by atomic mass is 10.4. The second-order valence-corrected chi connectivity index (χ2v) is 2.60. The second-order valence-electron chi connectivity index (χ2n) is 2.60. The summed E-state index contributed by atoms with van der Waals surface area (Å²) in [5.41, 5.74) is 0.433. The molecule has 1 aliphatic rings. The van der Waals surface area contributed by atoms with Crippen LogP contribution in [-0.4, -0.2) is 25.7 Å². The topological polar surface area (TPSA) is 52.6 Å². The zero-order valence-electron chi connectivity index (χ0n) is 9.96.